The Hall–Kier alpha value is -0.530. The quantitative estimate of drug-likeness (QED) is 0.510. The fourth-order valence-electron chi connectivity index (χ4n) is 2.79. The number of carbonyl (C=O) groups excluding carboxylic acids is 1. The maximum atomic E-state index is 11.6. The molecular weight excluding hydrogens is 212 g/mol. The zero-order valence-electron chi connectivity index (χ0n) is 11.7. The molecule has 0 N–H and O–H groups in total. The van der Waals surface area contributed by atoms with Crippen molar-refractivity contribution in [3.05, 3.63) is 0 Å². The van der Waals surface area contributed by atoms with Crippen molar-refractivity contribution in [2.24, 2.45) is 11.8 Å². The van der Waals surface area contributed by atoms with Crippen molar-refractivity contribution in [1.82, 2.24) is 0 Å². The molecule has 0 aromatic carbocycles. The molecule has 2 nitrogen and oxygen atoms in total. The van der Waals surface area contributed by atoms with Crippen LogP contribution < -0.4 is 0 Å². The molecular formula is C15H28O2. The van der Waals surface area contributed by atoms with Crippen LogP contribution in [0.1, 0.15) is 72.1 Å². The van der Waals surface area contributed by atoms with E-state index in [1.165, 1.54) is 25.7 Å². The van der Waals surface area contributed by atoms with Gasteiger partial charge in [0.1, 0.15) is 6.10 Å². The summed E-state index contributed by atoms with van der Waals surface area (Å²) in [5, 5.41) is 0. The molecule has 0 spiro atoms. The molecule has 1 aliphatic rings. The van der Waals surface area contributed by atoms with E-state index in [0.29, 0.717) is 12.3 Å². The molecule has 17 heavy (non-hydrogen) atoms. The second-order valence-corrected chi connectivity index (χ2v) is 5.68. The molecule has 3 unspecified atom stereocenters. The minimum Gasteiger partial charge on any atom is -0.462 e. The van der Waals surface area contributed by atoms with Crippen molar-refractivity contribution in [3.8, 4) is 0 Å². The summed E-state index contributed by atoms with van der Waals surface area (Å²) in [5.74, 6) is 1.40. The number of unbranched alkanes of at least 4 members (excludes halogenated alkanes) is 2. The predicted octanol–water partition coefficient (Wildman–Crippen LogP) is 4.32. The van der Waals surface area contributed by atoms with Gasteiger partial charge in [-0.3, -0.25) is 4.79 Å². The lowest BCUT2D eigenvalue weighted by atomic mass is 9.80. The highest BCUT2D eigenvalue weighted by Gasteiger charge is 2.26. The maximum Gasteiger partial charge on any atom is 0.306 e. The van der Waals surface area contributed by atoms with E-state index in [4.69, 9.17) is 4.74 Å². The van der Waals surface area contributed by atoms with Gasteiger partial charge in [0.15, 0.2) is 0 Å². The molecule has 100 valence electrons. The number of ether oxygens (including phenoxy) is 1. The predicted molar refractivity (Wildman–Crippen MR) is 70.8 cm³/mol. The Morgan fingerprint density at radius 3 is 2.76 bits per heavy atom. The van der Waals surface area contributed by atoms with Gasteiger partial charge in [-0.05, 0) is 38.0 Å². The molecule has 0 amide bonds. The Balaban J connectivity index is 2.22. The summed E-state index contributed by atoms with van der Waals surface area (Å²) in [7, 11) is 0. The van der Waals surface area contributed by atoms with Crippen LogP contribution in [0.4, 0.5) is 0 Å². The molecule has 1 fully saturated rings. The van der Waals surface area contributed by atoms with Gasteiger partial charge >= 0.3 is 5.97 Å². The Morgan fingerprint density at radius 2 is 2.12 bits per heavy atom. The molecule has 1 saturated carbocycles. The summed E-state index contributed by atoms with van der Waals surface area (Å²) < 4.78 is 5.55. The molecule has 0 bridgehead atoms. The molecule has 0 radical (unpaired) electrons. The third kappa shape index (κ3) is 5.56. The topological polar surface area (TPSA) is 26.3 Å². The lowest BCUT2D eigenvalue weighted by molar-refractivity contribution is -0.151. The number of esters is 1. The van der Waals surface area contributed by atoms with E-state index in [2.05, 4.69) is 20.8 Å². The first-order valence-electron chi connectivity index (χ1n) is 7.33. The van der Waals surface area contributed by atoms with E-state index in [-0.39, 0.29) is 12.1 Å². The largest absolute Gasteiger partial charge is 0.462 e. The summed E-state index contributed by atoms with van der Waals surface area (Å²) in [5.41, 5.74) is 0. The van der Waals surface area contributed by atoms with Crippen LogP contribution in [0.15, 0.2) is 0 Å². The van der Waals surface area contributed by atoms with Gasteiger partial charge in [0, 0.05) is 6.42 Å². The van der Waals surface area contributed by atoms with Gasteiger partial charge in [-0.25, -0.2) is 0 Å². The van der Waals surface area contributed by atoms with Crippen LogP contribution >= 0.6 is 0 Å². The summed E-state index contributed by atoms with van der Waals surface area (Å²) >= 11 is 0. The van der Waals surface area contributed by atoms with E-state index in [1.54, 1.807) is 0 Å². The number of carbonyl (C=O) groups is 1. The lowest BCUT2D eigenvalue weighted by Gasteiger charge is -2.30. The molecule has 1 aliphatic carbocycles. The standard InChI is InChI=1S/C15H28O2/c1-4-5-6-10-15(16)17-13(3)14-9-7-8-12(2)11-14/h12-14H,4-11H2,1-3H3. The van der Waals surface area contributed by atoms with E-state index >= 15 is 0 Å². The van der Waals surface area contributed by atoms with Gasteiger partial charge in [-0.1, -0.05) is 39.5 Å². The van der Waals surface area contributed by atoms with E-state index in [0.717, 1.165) is 25.2 Å². The highest BCUT2D eigenvalue weighted by atomic mass is 16.5. The normalized spacial score (nSPS) is 26.5. The fourth-order valence-corrected chi connectivity index (χ4v) is 2.79. The number of hydrogen-bond acceptors (Lipinski definition) is 2. The van der Waals surface area contributed by atoms with Gasteiger partial charge in [0.25, 0.3) is 0 Å². The maximum absolute atomic E-state index is 11.6. The summed E-state index contributed by atoms with van der Waals surface area (Å²) in [6, 6.07) is 0. The van der Waals surface area contributed by atoms with Crippen molar-refractivity contribution >= 4 is 5.97 Å². The average Bonchev–Trinajstić information content (AvgIpc) is 2.29. The SMILES string of the molecule is CCCCCC(=O)OC(C)C1CCCC(C)C1. The number of rotatable bonds is 6. The molecule has 2 heteroatoms. The Kier molecular flexibility index (Phi) is 6.61. The first kappa shape index (κ1) is 14.5. The van der Waals surface area contributed by atoms with Crippen molar-refractivity contribution < 1.29 is 9.53 Å². The molecule has 0 aromatic heterocycles. The zero-order valence-corrected chi connectivity index (χ0v) is 11.7. The van der Waals surface area contributed by atoms with Gasteiger partial charge < -0.3 is 4.74 Å². The molecule has 0 aromatic rings. The molecule has 0 heterocycles. The van der Waals surface area contributed by atoms with Crippen LogP contribution in [-0.2, 0) is 9.53 Å². The van der Waals surface area contributed by atoms with Crippen LogP contribution in [-0.4, -0.2) is 12.1 Å². The Bertz CT molecular complexity index is 225. The monoisotopic (exact) mass is 240 g/mol. The second kappa shape index (κ2) is 7.73. The van der Waals surface area contributed by atoms with Crippen molar-refractivity contribution in [2.45, 2.75) is 78.2 Å². The van der Waals surface area contributed by atoms with Crippen LogP contribution in [0, 0.1) is 11.8 Å². The van der Waals surface area contributed by atoms with E-state index < -0.39 is 0 Å². The van der Waals surface area contributed by atoms with Crippen molar-refractivity contribution in [3.63, 3.8) is 0 Å². The highest BCUT2D eigenvalue weighted by molar-refractivity contribution is 5.69. The highest BCUT2D eigenvalue weighted by Crippen LogP contribution is 2.31. The lowest BCUT2D eigenvalue weighted by Crippen LogP contribution is -2.28. The minimum absolute atomic E-state index is 0.00387. The third-order valence-electron chi connectivity index (χ3n) is 3.94. The van der Waals surface area contributed by atoms with E-state index in [1.807, 2.05) is 0 Å². The van der Waals surface area contributed by atoms with Crippen LogP contribution in [0.25, 0.3) is 0 Å². The Morgan fingerprint density at radius 1 is 1.35 bits per heavy atom. The molecule has 0 saturated heterocycles. The molecule has 1 rings (SSSR count). The first-order chi connectivity index (χ1) is 8.13. The molecule has 3 atom stereocenters. The average molecular weight is 240 g/mol. The minimum atomic E-state index is 0.00387. The second-order valence-electron chi connectivity index (χ2n) is 5.68. The number of hydrogen-bond donors (Lipinski definition) is 0. The molecule has 0 aliphatic heterocycles. The van der Waals surface area contributed by atoms with Crippen LogP contribution in [0.3, 0.4) is 0 Å². The Labute approximate surface area is 106 Å². The van der Waals surface area contributed by atoms with Crippen LogP contribution in [0.5, 0.6) is 0 Å². The van der Waals surface area contributed by atoms with Gasteiger partial charge in [-0.2, -0.15) is 0 Å². The zero-order chi connectivity index (χ0) is 12.7. The van der Waals surface area contributed by atoms with Gasteiger partial charge in [0.05, 0.1) is 0 Å². The van der Waals surface area contributed by atoms with Crippen molar-refractivity contribution in [1.29, 1.82) is 0 Å². The summed E-state index contributed by atoms with van der Waals surface area (Å²) in [6.45, 7) is 6.53. The first-order valence-corrected chi connectivity index (χ1v) is 7.33. The summed E-state index contributed by atoms with van der Waals surface area (Å²) in [6.07, 6.45) is 9.07. The van der Waals surface area contributed by atoms with E-state index in [9.17, 15) is 4.79 Å². The van der Waals surface area contributed by atoms with Gasteiger partial charge in [0.2, 0.25) is 0 Å². The van der Waals surface area contributed by atoms with Crippen LogP contribution in [0.2, 0.25) is 0 Å². The van der Waals surface area contributed by atoms with Crippen molar-refractivity contribution in [2.75, 3.05) is 0 Å². The van der Waals surface area contributed by atoms with Gasteiger partial charge in [-0.15, -0.1) is 0 Å². The smallest absolute Gasteiger partial charge is 0.306 e. The fraction of sp³-hybridized carbons (Fsp3) is 0.933. The summed E-state index contributed by atoms with van der Waals surface area (Å²) in [4.78, 5) is 11.6. The third-order valence-corrected chi connectivity index (χ3v) is 3.94.